The van der Waals surface area contributed by atoms with Gasteiger partial charge in [0.1, 0.15) is 0 Å². The summed E-state index contributed by atoms with van der Waals surface area (Å²) in [7, 11) is 0. The van der Waals surface area contributed by atoms with E-state index in [0.29, 0.717) is 44.0 Å². The van der Waals surface area contributed by atoms with Gasteiger partial charge in [-0.05, 0) is 13.8 Å². The lowest BCUT2D eigenvalue weighted by atomic mass is 10.2. The molecule has 3 heterocycles. The number of ether oxygens (including phenoxy) is 1. The molecule has 0 atom stereocenters. The van der Waals surface area contributed by atoms with Gasteiger partial charge in [0.25, 0.3) is 10.8 Å². The molecule has 0 spiro atoms. The lowest BCUT2D eigenvalue weighted by Crippen LogP contribution is -2.51. The second-order valence-electron chi connectivity index (χ2n) is 6.51. The summed E-state index contributed by atoms with van der Waals surface area (Å²) in [5, 5.41) is 7.98. The molecule has 0 radical (unpaired) electrons. The van der Waals surface area contributed by atoms with E-state index in [1.165, 1.54) is 0 Å². The van der Waals surface area contributed by atoms with Crippen LogP contribution in [0.1, 0.15) is 24.1 Å². The number of amides is 2. The van der Waals surface area contributed by atoms with Gasteiger partial charge in [0.2, 0.25) is 11.8 Å². The van der Waals surface area contributed by atoms with Crippen LogP contribution in [0.15, 0.2) is 19.2 Å². The Kier molecular flexibility index (Phi) is 6.92. The van der Waals surface area contributed by atoms with Crippen LogP contribution in [-0.2, 0) is 16.0 Å². The molecule has 0 bridgehead atoms. The number of carbonyl (C=O) groups excluding carboxylic acids is 2. The third kappa shape index (κ3) is 5.28. The van der Waals surface area contributed by atoms with Crippen LogP contribution in [0.25, 0.3) is 0 Å². The van der Waals surface area contributed by atoms with Crippen molar-refractivity contribution in [3.05, 3.63) is 38.0 Å². The first-order valence-corrected chi connectivity index (χ1v) is 10.3. The molecule has 0 unspecified atom stereocenters. The van der Waals surface area contributed by atoms with Crippen LogP contribution in [0, 0.1) is 6.92 Å². The van der Waals surface area contributed by atoms with Crippen molar-refractivity contribution in [2.45, 2.75) is 25.5 Å². The molecule has 1 aliphatic heterocycles. The molecule has 1 fully saturated rings. The fourth-order valence-corrected chi connectivity index (χ4v) is 3.61. The SMILES string of the molecule is CCOC(=O)N1CCN(C(=O)CSc2nnc(Cc3c(C)[nH]c(=O)[nH]c3=O)o2)CC1. The Labute approximate surface area is 175 Å². The summed E-state index contributed by atoms with van der Waals surface area (Å²) in [4.78, 5) is 55.2. The van der Waals surface area contributed by atoms with Crippen molar-refractivity contribution in [1.29, 1.82) is 0 Å². The summed E-state index contributed by atoms with van der Waals surface area (Å²) < 4.78 is 10.5. The number of hydrogen-bond donors (Lipinski definition) is 2. The fourth-order valence-electron chi connectivity index (χ4n) is 2.93. The highest BCUT2D eigenvalue weighted by molar-refractivity contribution is 7.99. The zero-order valence-electron chi connectivity index (χ0n) is 16.6. The monoisotopic (exact) mass is 438 g/mol. The van der Waals surface area contributed by atoms with Crippen LogP contribution in [0.4, 0.5) is 4.79 Å². The van der Waals surface area contributed by atoms with Crippen molar-refractivity contribution < 1.29 is 18.7 Å². The molecular formula is C17H22N6O6S. The molecule has 0 saturated carbocycles. The zero-order chi connectivity index (χ0) is 21.7. The van der Waals surface area contributed by atoms with Gasteiger partial charge in [0.05, 0.1) is 18.8 Å². The summed E-state index contributed by atoms with van der Waals surface area (Å²) in [6.45, 7) is 5.39. The summed E-state index contributed by atoms with van der Waals surface area (Å²) in [6.07, 6.45) is -0.302. The van der Waals surface area contributed by atoms with Crippen molar-refractivity contribution in [3.63, 3.8) is 0 Å². The summed E-state index contributed by atoms with van der Waals surface area (Å²) in [5.74, 6) is 0.212. The Balaban J connectivity index is 1.50. The van der Waals surface area contributed by atoms with E-state index in [1.807, 2.05) is 0 Å². The number of aromatic nitrogens is 4. The second-order valence-corrected chi connectivity index (χ2v) is 7.43. The van der Waals surface area contributed by atoms with Gasteiger partial charge in [-0.3, -0.25) is 14.6 Å². The Bertz CT molecular complexity index is 1020. The molecule has 1 aliphatic rings. The van der Waals surface area contributed by atoms with E-state index in [9.17, 15) is 19.2 Å². The molecule has 0 aromatic carbocycles. The average molecular weight is 438 g/mol. The highest BCUT2D eigenvalue weighted by atomic mass is 32.2. The lowest BCUT2D eigenvalue weighted by Gasteiger charge is -2.33. The summed E-state index contributed by atoms with van der Waals surface area (Å²) in [6, 6.07) is 0. The molecule has 162 valence electrons. The quantitative estimate of drug-likeness (QED) is 0.580. The number of H-pyrrole nitrogens is 2. The van der Waals surface area contributed by atoms with Gasteiger partial charge in [0, 0.05) is 37.4 Å². The molecular weight excluding hydrogens is 416 g/mol. The van der Waals surface area contributed by atoms with Gasteiger partial charge in [-0.15, -0.1) is 10.2 Å². The minimum atomic E-state index is -0.579. The first-order valence-electron chi connectivity index (χ1n) is 9.34. The molecule has 2 amide bonds. The van der Waals surface area contributed by atoms with Crippen molar-refractivity contribution in [2.75, 3.05) is 38.5 Å². The highest BCUT2D eigenvalue weighted by Crippen LogP contribution is 2.18. The van der Waals surface area contributed by atoms with Gasteiger partial charge >= 0.3 is 11.8 Å². The zero-order valence-corrected chi connectivity index (χ0v) is 17.4. The van der Waals surface area contributed by atoms with Crippen LogP contribution in [0.2, 0.25) is 0 Å². The van der Waals surface area contributed by atoms with E-state index in [2.05, 4.69) is 20.2 Å². The minimum absolute atomic E-state index is 0.0648. The van der Waals surface area contributed by atoms with Gasteiger partial charge in [-0.2, -0.15) is 0 Å². The van der Waals surface area contributed by atoms with Gasteiger partial charge in [-0.25, -0.2) is 9.59 Å². The number of carbonyl (C=O) groups is 2. The molecule has 12 nitrogen and oxygen atoms in total. The standard InChI is InChI=1S/C17H22N6O6S/c1-3-28-17(27)23-6-4-22(5-7-23)13(24)9-30-16-21-20-12(29-16)8-11-10(2)18-15(26)19-14(11)25/h3-9H2,1-2H3,(H2,18,19,25,26). The lowest BCUT2D eigenvalue weighted by molar-refractivity contribution is -0.129. The van der Waals surface area contributed by atoms with Gasteiger partial charge in [-0.1, -0.05) is 11.8 Å². The molecule has 2 aromatic heterocycles. The Hall–Kier alpha value is -3.09. The van der Waals surface area contributed by atoms with Crippen LogP contribution in [-0.4, -0.2) is 80.5 Å². The second kappa shape index (κ2) is 9.61. The molecule has 30 heavy (non-hydrogen) atoms. The topological polar surface area (TPSA) is 154 Å². The fraction of sp³-hybridized carbons (Fsp3) is 0.529. The number of nitrogens with one attached hydrogen (secondary N) is 2. The summed E-state index contributed by atoms with van der Waals surface area (Å²) in [5.41, 5.74) is -0.343. The van der Waals surface area contributed by atoms with Crippen molar-refractivity contribution >= 4 is 23.8 Å². The Morgan fingerprint density at radius 1 is 1.13 bits per heavy atom. The van der Waals surface area contributed by atoms with E-state index in [1.54, 1.807) is 23.6 Å². The smallest absolute Gasteiger partial charge is 0.409 e. The minimum Gasteiger partial charge on any atom is -0.450 e. The van der Waals surface area contributed by atoms with Crippen LogP contribution < -0.4 is 11.2 Å². The van der Waals surface area contributed by atoms with Crippen molar-refractivity contribution in [1.82, 2.24) is 30.0 Å². The maximum Gasteiger partial charge on any atom is 0.409 e. The number of aryl methyl sites for hydroxylation is 1. The van der Waals surface area contributed by atoms with E-state index in [-0.39, 0.29) is 35.3 Å². The first kappa shape index (κ1) is 21.6. The normalized spacial score (nSPS) is 14.1. The number of rotatable bonds is 6. The van der Waals surface area contributed by atoms with Crippen LogP contribution in [0.5, 0.6) is 0 Å². The third-order valence-electron chi connectivity index (χ3n) is 4.51. The molecule has 1 saturated heterocycles. The Morgan fingerprint density at radius 3 is 2.50 bits per heavy atom. The number of nitrogens with zero attached hydrogens (tertiary/aromatic N) is 4. The van der Waals surface area contributed by atoms with E-state index in [4.69, 9.17) is 9.15 Å². The average Bonchev–Trinajstić information content (AvgIpc) is 3.17. The maximum absolute atomic E-state index is 12.4. The largest absolute Gasteiger partial charge is 0.450 e. The van der Waals surface area contributed by atoms with Gasteiger partial charge in [0.15, 0.2) is 0 Å². The third-order valence-corrected chi connectivity index (χ3v) is 5.31. The van der Waals surface area contributed by atoms with E-state index < -0.39 is 11.2 Å². The van der Waals surface area contributed by atoms with E-state index >= 15 is 0 Å². The Morgan fingerprint density at radius 2 is 1.83 bits per heavy atom. The van der Waals surface area contributed by atoms with Crippen LogP contribution >= 0.6 is 11.8 Å². The number of hydrogen-bond acceptors (Lipinski definition) is 9. The van der Waals surface area contributed by atoms with Crippen molar-refractivity contribution in [2.24, 2.45) is 0 Å². The molecule has 13 heteroatoms. The summed E-state index contributed by atoms with van der Waals surface area (Å²) >= 11 is 1.10. The van der Waals surface area contributed by atoms with Crippen molar-refractivity contribution in [3.8, 4) is 0 Å². The maximum atomic E-state index is 12.4. The van der Waals surface area contributed by atoms with Crippen LogP contribution in [0.3, 0.4) is 0 Å². The molecule has 2 N–H and O–H groups in total. The van der Waals surface area contributed by atoms with Gasteiger partial charge < -0.3 is 23.9 Å². The number of aromatic amines is 2. The number of thioether (sulfide) groups is 1. The molecule has 0 aliphatic carbocycles. The predicted octanol–water partition coefficient (Wildman–Crippen LogP) is -0.262. The first-order chi connectivity index (χ1) is 14.4. The molecule has 2 aromatic rings. The molecule has 3 rings (SSSR count). The highest BCUT2D eigenvalue weighted by Gasteiger charge is 2.25. The number of piperazine rings is 1. The van der Waals surface area contributed by atoms with E-state index in [0.717, 1.165) is 11.8 Å². The predicted molar refractivity (Wildman–Crippen MR) is 105 cm³/mol.